The van der Waals surface area contributed by atoms with Crippen molar-refractivity contribution < 1.29 is 9.13 Å². The van der Waals surface area contributed by atoms with Crippen LogP contribution in [0.15, 0.2) is 24.3 Å². The van der Waals surface area contributed by atoms with E-state index in [9.17, 15) is 4.39 Å². The second-order valence-electron chi connectivity index (χ2n) is 6.84. The van der Waals surface area contributed by atoms with Gasteiger partial charge in [-0.1, -0.05) is 31.1 Å². The quantitative estimate of drug-likeness (QED) is 0.608. The predicted octanol–water partition coefficient (Wildman–Crippen LogP) is 5.74. The number of halogens is 1. The van der Waals surface area contributed by atoms with Gasteiger partial charge in [0.05, 0.1) is 6.10 Å². The summed E-state index contributed by atoms with van der Waals surface area (Å²) < 4.78 is 20.1. The number of allylic oxidation sites excluding steroid dienone is 2. The maximum absolute atomic E-state index is 14.4. The lowest BCUT2D eigenvalue weighted by atomic mass is 9.96. The van der Waals surface area contributed by atoms with Crippen LogP contribution in [0.5, 0.6) is 5.75 Å². The molecule has 120 valence electrons. The van der Waals surface area contributed by atoms with Crippen LogP contribution in [0.4, 0.5) is 4.39 Å². The number of rotatable bonds is 6. The van der Waals surface area contributed by atoms with E-state index < -0.39 is 0 Å². The van der Waals surface area contributed by atoms with Crippen molar-refractivity contribution in [2.45, 2.75) is 70.8 Å². The van der Waals surface area contributed by atoms with Crippen LogP contribution in [0.25, 0.3) is 0 Å². The van der Waals surface area contributed by atoms with Crippen molar-refractivity contribution in [3.63, 3.8) is 0 Å². The highest BCUT2D eigenvalue weighted by Gasteiger charge is 2.21. The summed E-state index contributed by atoms with van der Waals surface area (Å²) in [6.45, 7) is 1.87. The molecule has 0 spiro atoms. The Labute approximate surface area is 133 Å². The zero-order valence-electron chi connectivity index (χ0n) is 13.6. The van der Waals surface area contributed by atoms with Crippen LogP contribution in [0.2, 0.25) is 0 Å². The average molecular weight is 302 g/mol. The van der Waals surface area contributed by atoms with Crippen LogP contribution < -0.4 is 4.74 Å². The van der Waals surface area contributed by atoms with Crippen molar-refractivity contribution in [2.24, 2.45) is 5.92 Å². The largest absolute Gasteiger partial charge is 0.487 e. The number of aryl methyl sites for hydroxylation is 1. The molecule has 0 bridgehead atoms. The maximum atomic E-state index is 14.4. The van der Waals surface area contributed by atoms with E-state index in [1.807, 2.05) is 19.1 Å². The zero-order valence-corrected chi connectivity index (χ0v) is 13.6. The van der Waals surface area contributed by atoms with Crippen molar-refractivity contribution in [2.75, 3.05) is 0 Å². The summed E-state index contributed by atoms with van der Waals surface area (Å²) in [5.41, 5.74) is 1.86. The number of ether oxygens (including phenoxy) is 1. The highest BCUT2D eigenvalue weighted by atomic mass is 19.1. The minimum Gasteiger partial charge on any atom is -0.487 e. The Balaban J connectivity index is 1.55. The first-order valence-corrected chi connectivity index (χ1v) is 8.85. The van der Waals surface area contributed by atoms with E-state index >= 15 is 0 Å². The minimum absolute atomic E-state index is 0.163. The molecule has 0 heterocycles. The molecule has 0 aliphatic heterocycles. The summed E-state index contributed by atoms with van der Waals surface area (Å²) in [5.74, 6) is 1.06. The second-order valence-corrected chi connectivity index (χ2v) is 6.84. The molecular weight excluding hydrogens is 275 g/mol. The Hall–Kier alpha value is -1.31. The molecule has 1 aromatic rings. The molecule has 0 atom stereocenters. The van der Waals surface area contributed by atoms with E-state index in [1.54, 1.807) is 0 Å². The van der Waals surface area contributed by atoms with E-state index in [1.165, 1.54) is 32.1 Å². The van der Waals surface area contributed by atoms with Crippen LogP contribution >= 0.6 is 0 Å². The van der Waals surface area contributed by atoms with Gasteiger partial charge in [-0.2, -0.15) is 0 Å². The van der Waals surface area contributed by atoms with Crippen molar-refractivity contribution in [1.82, 2.24) is 0 Å². The molecule has 0 N–H and O–H groups in total. The SMILES string of the molecule is Cc1c(CC/C=C/C2CCCC2)ccc(OC2CCC2)c1F. The van der Waals surface area contributed by atoms with E-state index in [2.05, 4.69) is 12.2 Å². The van der Waals surface area contributed by atoms with Gasteiger partial charge in [-0.3, -0.25) is 0 Å². The Morgan fingerprint density at radius 1 is 1.14 bits per heavy atom. The van der Waals surface area contributed by atoms with E-state index in [0.29, 0.717) is 5.75 Å². The van der Waals surface area contributed by atoms with Gasteiger partial charge in [-0.25, -0.2) is 4.39 Å². The fourth-order valence-electron chi connectivity index (χ4n) is 3.41. The maximum Gasteiger partial charge on any atom is 0.168 e. The molecule has 0 unspecified atom stereocenters. The Bertz CT molecular complexity index is 525. The fourth-order valence-corrected chi connectivity index (χ4v) is 3.41. The van der Waals surface area contributed by atoms with Crippen molar-refractivity contribution in [3.05, 3.63) is 41.2 Å². The van der Waals surface area contributed by atoms with Crippen LogP contribution in [-0.4, -0.2) is 6.10 Å². The van der Waals surface area contributed by atoms with Gasteiger partial charge in [0, 0.05) is 0 Å². The van der Waals surface area contributed by atoms with Gasteiger partial charge in [0.1, 0.15) is 0 Å². The van der Waals surface area contributed by atoms with Crippen LogP contribution in [0, 0.1) is 18.7 Å². The second kappa shape index (κ2) is 7.30. The van der Waals surface area contributed by atoms with Gasteiger partial charge in [-0.05, 0) is 75.0 Å². The Morgan fingerprint density at radius 3 is 2.59 bits per heavy atom. The number of hydrogen-bond donors (Lipinski definition) is 0. The zero-order chi connectivity index (χ0) is 15.4. The van der Waals surface area contributed by atoms with Gasteiger partial charge in [0.2, 0.25) is 0 Å². The monoisotopic (exact) mass is 302 g/mol. The summed E-state index contributed by atoms with van der Waals surface area (Å²) in [5, 5.41) is 0. The summed E-state index contributed by atoms with van der Waals surface area (Å²) >= 11 is 0. The Kier molecular flexibility index (Phi) is 5.17. The summed E-state index contributed by atoms with van der Waals surface area (Å²) in [6.07, 6.45) is 15.6. The summed E-state index contributed by atoms with van der Waals surface area (Å²) in [6, 6.07) is 3.85. The molecule has 1 aromatic carbocycles. The van der Waals surface area contributed by atoms with Crippen molar-refractivity contribution in [1.29, 1.82) is 0 Å². The topological polar surface area (TPSA) is 9.23 Å². The number of benzene rings is 1. The van der Waals surface area contributed by atoms with E-state index in [-0.39, 0.29) is 11.9 Å². The van der Waals surface area contributed by atoms with Crippen molar-refractivity contribution >= 4 is 0 Å². The molecule has 0 radical (unpaired) electrons. The van der Waals surface area contributed by atoms with Gasteiger partial charge < -0.3 is 4.74 Å². The van der Waals surface area contributed by atoms with Crippen molar-refractivity contribution in [3.8, 4) is 5.75 Å². The first kappa shape index (κ1) is 15.6. The summed E-state index contributed by atoms with van der Waals surface area (Å²) in [7, 11) is 0. The number of hydrogen-bond acceptors (Lipinski definition) is 1. The molecule has 2 heteroatoms. The Morgan fingerprint density at radius 2 is 1.91 bits per heavy atom. The first-order chi connectivity index (χ1) is 10.7. The molecule has 2 fully saturated rings. The predicted molar refractivity (Wildman–Crippen MR) is 88.8 cm³/mol. The van der Waals surface area contributed by atoms with Gasteiger partial charge in [-0.15, -0.1) is 0 Å². The van der Waals surface area contributed by atoms with Crippen LogP contribution in [0.1, 0.15) is 62.5 Å². The van der Waals surface area contributed by atoms with Gasteiger partial charge >= 0.3 is 0 Å². The van der Waals surface area contributed by atoms with Gasteiger partial charge in [0.15, 0.2) is 11.6 Å². The molecule has 0 saturated heterocycles. The lowest BCUT2D eigenvalue weighted by Gasteiger charge is -2.27. The molecular formula is C20H27FO. The van der Waals surface area contributed by atoms with Crippen LogP contribution in [0.3, 0.4) is 0 Å². The van der Waals surface area contributed by atoms with E-state index in [4.69, 9.17) is 4.74 Å². The highest BCUT2D eigenvalue weighted by Crippen LogP contribution is 2.30. The first-order valence-electron chi connectivity index (χ1n) is 8.85. The third-order valence-electron chi connectivity index (χ3n) is 5.20. The molecule has 2 aliphatic rings. The van der Waals surface area contributed by atoms with E-state index in [0.717, 1.165) is 42.7 Å². The molecule has 2 saturated carbocycles. The molecule has 0 aromatic heterocycles. The molecule has 22 heavy (non-hydrogen) atoms. The van der Waals surface area contributed by atoms with Crippen LogP contribution in [-0.2, 0) is 6.42 Å². The average Bonchev–Trinajstić information content (AvgIpc) is 2.98. The highest BCUT2D eigenvalue weighted by molar-refractivity contribution is 5.37. The lowest BCUT2D eigenvalue weighted by molar-refractivity contribution is 0.115. The van der Waals surface area contributed by atoms with Gasteiger partial charge in [0.25, 0.3) is 0 Å². The molecule has 2 aliphatic carbocycles. The summed E-state index contributed by atoms with van der Waals surface area (Å²) in [4.78, 5) is 0. The fraction of sp³-hybridized carbons (Fsp3) is 0.600. The normalized spacial score (nSPS) is 19.7. The third-order valence-corrected chi connectivity index (χ3v) is 5.20. The molecule has 0 amide bonds. The minimum atomic E-state index is -0.163. The third kappa shape index (κ3) is 3.71. The molecule has 1 nitrogen and oxygen atoms in total. The lowest BCUT2D eigenvalue weighted by Crippen LogP contribution is -2.25. The molecule has 3 rings (SSSR count). The standard InChI is InChI=1S/C20H27FO/c1-15-17(10-5-4-9-16-7-2-3-8-16)13-14-19(20(15)21)22-18-11-6-12-18/h4,9,13-14,16,18H,2-3,5-8,10-12H2,1H3/b9-4+. The smallest absolute Gasteiger partial charge is 0.168 e.